The Kier molecular flexibility index (Phi) is 12.2. The minimum Gasteiger partial charge on any atom is -0.490 e. The number of urea groups is 1. The van der Waals surface area contributed by atoms with Crippen LogP contribution < -0.4 is 15.4 Å². The Morgan fingerprint density at radius 2 is 1.96 bits per heavy atom. The summed E-state index contributed by atoms with van der Waals surface area (Å²) in [4.78, 5) is 32.8. The number of benzene rings is 1. The van der Waals surface area contributed by atoms with Gasteiger partial charge in [0.05, 0.1) is 36.7 Å². The zero-order valence-corrected chi connectivity index (χ0v) is 29.4. The SMILES string of the molecule is Cc1noc(C)c1NC(=O)Nc1ccc2c(c1)C(=O)N([C@H](C)CO)C[C@@H](C)[C@@H](CN(C)S(=O)(=O)c1cn(C)cn1)OCCCC[C@H](C)O2. The van der Waals surface area contributed by atoms with Crippen molar-refractivity contribution in [2.75, 3.05) is 44.0 Å². The van der Waals surface area contributed by atoms with E-state index in [1.807, 2.05) is 13.8 Å². The maximum atomic E-state index is 14.3. The summed E-state index contributed by atoms with van der Waals surface area (Å²) >= 11 is 0. The van der Waals surface area contributed by atoms with E-state index < -0.39 is 34.1 Å². The average Bonchev–Trinajstić information content (AvgIpc) is 3.63. The van der Waals surface area contributed by atoms with E-state index in [4.69, 9.17) is 14.0 Å². The number of sulfonamides is 1. The topological polar surface area (TPSA) is 181 Å². The Morgan fingerprint density at radius 3 is 2.60 bits per heavy atom. The molecule has 16 heteroatoms. The number of nitrogens with one attached hydrogen (secondary N) is 2. The summed E-state index contributed by atoms with van der Waals surface area (Å²) in [6.07, 6.45) is 4.23. The van der Waals surface area contributed by atoms with E-state index in [0.717, 1.165) is 12.8 Å². The van der Waals surface area contributed by atoms with Crippen LogP contribution in [0.4, 0.5) is 16.2 Å². The summed E-state index contributed by atoms with van der Waals surface area (Å²) in [5.74, 6) is 0.0244. The number of likely N-dealkylation sites (N-methyl/N-ethyl adjacent to an activating group) is 1. The lowest BCUT2D eigenvalue weighted by Gasteiger charge is -2.35. The van der Waals surface area contributed by atoms with E-state index in [2.05, 4.69) is 20.8 Å². The molecule has 1 aromatic carbocycles. The fourth-order valence-corrected chi connectivity index (χ4v) is 6.58. The predicted octanol–water partition coefficient (Wildman–Crippen LogP) is 3.79. The second kappa shape index (κ2) is 15.9. The third kappa shape index (κ3) is 8.92. The number of aryl methyl sites for hydroxylation is 3. The molecule has 0 saturated heterocycles. The molecule has 1 aliphatic rings. The van der Waals surface area contributed by atoms with Crippen molar-refractivity contribution in [2.45, 2.75) is 77.2 Å². The van der Waals surface area contributed by atoms with Gasteiger partial charge in [-0.2, -0.15) is 4.31 Å². The summed E-state index contributed by atoms with van der Waals surface area (Å²) in [6, 6.07) is 3.69. The molecule has 48 heavy (non-hydrogen) atoms. The highest BCUT2D eigenvalue weighted by Crippen LogP contribution is 2.29. The van der Waals surface area contributed by atoms with Gasteiger partial charge in [-0.15, -0.1) is 0 Å². The lowest BCUT2D eigenvalue weighted by molar-refractivity contribution is -0.00835. The zero-order valence-electron chi connectivity index (χ0n) is 28.6. The van der Waals surface area contributed by atoms with Gasteiger partial charge < -0.3 is 39.2 Å². The predicted molar refractivity (Wildman–Crippen MR) is 179 cm³/mol. The van der Waals surface area contributed by atoms with E-state index in [0.29, 0.717) is 41.6 Å². The third-order valence-electron chi connectivity index (χ3n) is 8.37. The first kappa shape index (κ1) is 36.8. The van der Waals surface area contributed by atoms with Gasteiger partial charge >= 0.3 is 6.03 Å². The van der Waals surface area contributed by atoms with Crippen LogP contribution in [0, 0.1) is 19.8 Å². The second-order valence-electron chi connectivity index (χ2n) is 12.5. The van der Waals surface area contributed by atoms with Gasteiger partial charge in [0.2, 0.25) is 0 Å². The number of amides is 3. The van der Waals surface area contributed by atoms with Crippen molar-refractivity contribution < 1.29 is 37.1 Å². The van der Waals surface area contributed by atoms with E-state index in [-0.39, 0.29) is 42.3 Å². The van der Waals surface area contributed by atoms with Crippen LogP contribution >= 0.6 is 0 Å². The van der Waals surface area contributed by atoms with Crippen molar-refractivity contribution in [3.63, 3.8) is 0 Å². The molecule has 0 saturated carbocycles. The van der Waals surface area contributed by atoms with Gasteiger partial charge in [-0.25, -0.2) is 18.2 Å². The van der Waals surface area contributed by atoms with Crippen LogP contribution in [0.2, 0.25) is 0 Å². The molecular weight excluding hydrogens is 642 g/mol. The molecule has 2 aromatic heterocycles. The summed E-state index contributed by atoms with van der Waals surface area (Å²) in [6.45, 7) is 9.17. The van der Waals surface area contributed by atoms with Gasteiger partial charge in [0.1, 0.15) is 17.1 Å². The number of aliphatic hydroxyl groups excluding tert-OH is 1. The van der Waals surface area contributed by atoms with E-state index in [1.54, 1.807) is 50.6 Å². The maximum Gasteiger partial charge on any atom is 0.323 e. The molecule has 0 radical (unpaired) electrons. The Balaban J connectivity index is 1.63. The van der Waals surface area contributed by atoms with Crippen molar-refractivity contribution in [3.05, 3.63) is 47.7 Å². The Labute approximate surface area is 281 Å². The maximum absolute atomic E-state index is 14.3. The molecule has 1 aliphatic heterocycles. The molecule has 0 aliphatic carbocycles. The molecule has 3 aromatic rings. The lowest BCUT2D eigenvalue weighted by atomic mass is 10.0. The Bertz CT molecular complexity index is 1650. The Hall–Kier alpha value is -3.99. The van der Waals surface area contributed by atoms with Gasteiger partial charge in [-0.1, -0.05) is 12.1 Å². The molecule has 0 bridgehead atoms. The first-order chi connectivity index (χ1) is 22.7. The molecular formula is C32H47N7O8S. The molecule has 3 amide bonds. The molecule has 3 heterocycles. The number of imidazole rings is 1. The summed E-state index contributed by atoms with van der Waals surface area (Å²) in [7, 11) is -0.717. The first-order valence-corrected chi connectivity index (χ1v) is 17.4. The number of fused-ring (bicyclic) bond motifs is 1. The molecule has 0 spiro atoms. The number of anilines is 2. The van der Waals surface area contributed by atoms with Crippen LogP contribution in [0.15, 0.2) is 40.3 Å². The van der Waals surface area contributed by atoms with Gasteiger partial charge in [0.25, 0.3) is 15.9 Å². The second-order valence-corrected chi connectivity index (χ2v) is 14.4. The molecule has 264 valence electrons. The lowest BCUT2D eigenvalue weighted by Crippen LogP contribution is -2.48. The number of nitrogens with zero attached hydrogens (tertiary/aromatic N) is 5. The monoisotopic (exact) mass is 689 g/mol. The number of hydrogen-bond donors (Lipinski definition) is 3. The van der Waals surface area contributed by atoms with Crippen molar-refractivity contribution in [1.29, 1.82) is 0 Å². The molecule has 0 unspecified atom stereocenters. The number of carbonyl (C=O) groups is 2. The van der Waals surface area contributed by atoms with Gasteiger partial charge in [0.15, 0.2) is 10.8 Å². The van der Waals surface area contributed by atoms with Crippen molar-refractivity contribution in [2.24, 2.45) is 13.0 Å². The number of aliphatic hydroxyl groups is 1. The van der Waals surface area contributed by atoms with Crippen LogP contribution in [0.25, 0.3) is 0 Å². The van der Waals surface area contributed by atoms with Gasteiger partial charge in [-0.05, 0) is 65.2 Å². The molecule has 4 rings (SSSR count). The normalized spacial score (nSPS) is 20.5. The number of aromatic nitrogens is 3. The van der Waals surface area contributed by atoms with Crippen molar-refractivity contribution in [1.82, 2.24) is 23.9 Å². The first-order valence-electron chi connectivity index (χ1n) is 16.0. The van der Waals surface area contributed by atoms with Crippen molar-refractivity contribution >= 4 is 33.3 Å². The molecule has 0 fully saturated rings. The van der Waals surface area contributed by atoms with Crippen LogP contribution in [-0.2, 0) is 21.8 Å². The van der Waals surface area contributed by atoms with Gasteiger partial charge in [-0.3, -0.25) is 4.79 Å². The summed E-state index contributed by atoms with van der Waals surface area (Å²) in [5, 5.41) is 19.5. The minimum atomic E-state index is -3.89. The van der Waals surface area contributed by atoms with Crippen molar-refractivity contribution in [3.8, 4) is 5.75 Å². The highest BCUT2D eigenvalue weighted by atomic mass is 32.2. The standard InChI is InChI=1S/C32H47N7O8S/c1-20-15-39(21(2)18-40)31(41)26-14-25(34-32(42)35-30-23(4)36-47-24(30)5)11-12-27(26)46-22(3)10-8-9-13-45-28(20)16-38(7)48(43,44)29-17-37(6)19-33-29/h11-12,14,17,19-22,28,40H,8-10,13,15-16,18H2,1-7H3,(H2,34,35,42)/t20-,21-,22+,28-/m1/s1. The average molecular weight is 690 g/mol. The summed E-state index contributed by atoms with van der Waals surface area (Å²) in [5.41, 5.74) is 1.52. The quantitative estimate of drug-likeness (QED) is 0.315. The van der Waals surface area contributed by atoms with Crippen LogP contribution in [0.5, 0.6) is 5.75 Å². The minimum absolute atomic E-state index is 0.0278. The van der Waals surface area contributed by atoms with Crippen LogP contribution in [0.1, 0.15) is 61.8 Å². The van der Waals surface area contributed by atoms with Crippen LogP contribution in [0.3, 0.4) is 0 Å². The number of rotatable bonds is 8. The Morgan fingerprint density at radius 1 is 1.21 bits per heavy atom. The van der Waals surface area contributed by atoms with Crippen LogP contribution in [-0.4, -0.2) is 101 Å². The fourth-order valence-electron chi connectivity index (χ4n) is 5.43. The van der Waals surface area contributed by atoms with E-state index in [9.17, 15) is 23.1 Å². The highest BCUT2D eigenvalue weighted by Gasteiger charge is 2.33. The number of ether oxygens (including phenoxy) is 2. The fraction of sp³-hybridized carbons (Fsp3) is 0.562. The number of hydrogen-bond acceptors (Lipinski definition) is 10. The molecule has 15 nitrogen and oxygen atoms in total. The molecule has 4 atom stereocenters. The summed E-state index contributed by atoms with van der Waals surface area (Å²) < 4.78 is 47.1. The number of carbonyl (C=O) groups excluding carboxylic acids is 2. The van der Waals surface area contributed by atoms with E-state index >= 15 is 0 Å². The largest absolute Gasteiger partial charge is 0.490 e. The van der Waals surface area contributed by atoms with E-state index in [1.165, 1.54) is 28.8 Å². The zero-order chi connectivity index (χ0) is 35.2. The molecule has 3 N–H and O–H groups in total. The highest BCUT2D eigenvalue weighted by molar-refractivity contribution is 7.89. The van der Waals surface area contributed by atoms with Gasteiger partial charge in [0, 0.05) is 51.6 Å². The smallest absolute Gasteiger partial charge is 0.323 e. The third-order valence-corrected chi connectivity index (χ3v) is 10.1.